The Bertz CT molecular complexity index is 993. The van der Waals surface area contributed by atoms with E-state index in [2.05, 4.69) is 27.5 Å². The zero-order valence-corrected chi connectivity index (χ0v) is 15.9. The van der Waals surface area contributed by atoms with Gasteiger partial charge in [-0.1, -0.05) is 17.7 Å². The molecule has 7 heteroatoms. The van der Waals surface area contributed by atoms with Gasteiger partial charge in [0.15, 0.2) is 5.13 Å². The lowest BCUT2D eigenvalue weighted by atomic mass is 10.2. The minimum Gasteiger partial charge on any atom is -0.345 e. The number of amides is 1. The molecule has 3 aromatic rings. The maximum absolute atomic E-state index is 13.1. The molecule has 0 atom stereocenters. The number of aryl methyl sites for hydroxylation is 1. The van der Waals surface area contributed by atoms with Gasteiger partial charge in [-0.15, -0.1) is 17.9 Å². The Hall–Kier alpha value is -2.44. The van der Waals surface area contributed by atoms with E-state index >= 15 is 0 Å². The van der Waals surface area contributed by atoms with Gasteiger partial charge in [0.25, 0.3) is 5.91 Å². The van der Waals surface area contributed by atoms with E-state index in [0.29, 0.717) is 5.13 Å². The number of carbonyl (C=O) groups excluding carboxylic acids is 1. The second-order valence-corrected chi connectivity index (χ2v) is 7.07. The minimum atomic E-state index is -0.488. The Morgan fingerprint density at radius 3 is 2.88 bits per heavy atom. The predicted octanol–water partition coefficient (Wildman–Crippen LogP) is 5.46. The zero-order valence-electron chi connectivity index (χ0n) is 14.3. The third-order valence-corrected chi connectivity index (χ3v) is 5.13. The van der Waals surface area contributed by atoms with Crippen LogP contribution < -0.4 is 5.32 Å². The molecule has 2 heterocycles. The van der Waals surface area contributed by atoms with Gasteiger partial charge < -0.3 is 4.57 Å². The van der Waals surface area contributed by atoms with Crippen LogP contribution >= 0.6 is 22.9 Å². The van der Waals surface area contributed by atoms with Crippen LogP contribution in [0.1, 0.15) is 21.7 Å². The number of thiazole rings is 1. The number of nitrogens with zero attached hydrogens (tertiary/aromatic N) is 2. The summed E-state index contributed by atoms with van der Waals surface area (Å²) < 4.78 is 15.3. The fourth-order valence-electron chi connectivity index (χ4n) is 2.76. The van der Waals surface area contributed by atoms with Crippen molar-refractivity contribution in [2.45, 2.75) is 20.4 Å². The van der Waals surface area contributed by atoms with Crippen LogP contribution in [-0.4, -0.2) is 15.5 Å². The van der Waals surface area contributed by atoms with Crippen molar-refractivity contribution in [3.05, 3.63) is 70.1 Å². The standard InChI is InChI=1S/C19H17ClFN3OS/c1-4-7-24-11(2)8-15(12(24)3)17-10-26-19(22-17)23-18(25)14-6-5-13(21)9-16(14)20/h4-6,8-10H,1,7H2,2-3H3,(H,22,23,25). The number of nitrogens with one attached hydrogen (secondary N) is 1. The molecule has 0 fully saturated rings. The third-order valence-electron chi connectivity index (χ3n) is 4.06. The van der Waals surface area contributed by atoms with Gasteiger partial charge in [0.05, 0.1) is 16.3 Å². The monoisotopic (exact) mass is 389 g/mol. The average molecular weight is 390 g/mol. The highest BCUT2D eigenvalue weighted by molar-refractivity contribution is 7.14. The van der Waals surface area contributed by atoms with Gasteiger partial charge in [0, 0.05) is 28.9 Å². The lowest BCUT2D eigenvalue weighted by molar-refractivity contribution is 0.102. The van der Waals surface area contributed by atoms with E-state index in [1.54, 1.807) is 0 Å². The molecule has 1 N–H and O–H groups in total. The fraction of sp³-hybridized carbons (Fsp3) is 0.158. The van der Waals surface area contributed by atoms with E-state index in [-0.39, 0.29) is 10.6 Å². The van der Waals surface area contributed by atoms with E-state index < -0.39 is 11.7 Å². The third kappa shape index (κ3) is 3.57. The van der Waals surface area contributed by atoms with Crippen molar-refractivity contribution in [3.8, 4) is 11.3 Å². The molecule has 1 aromatic carbocycles. The number of allylic oxidation sites excluding steroid dienone is 1. The maximum atomic E-state index is 13.1. The summed E-state index contributed by atoms with van der Waals surface area (Å²) in [6, 6.07) is 5.72. The molecule has 2 aromatic heterocycles. The van der Waals surface area contributed by atoms with E-state index in [4.69, 9.17) is 11.6 Å². The van der Waals surface area contributed by atoms with Gasteiger partial charge in [-0.05, 0) is 38.1 Å². The normalized spacial score (nSPS) is 10.8. The molecule has 0 saturated heterocycles. The number of rotatable bonds is 5. The van der Waals surface area contributed by atoms with E-state index in [1.165, 1.54) is 23.5 Å². The highest BCUT2D eigenvalue weighted by Gasteiger charge is 2.16. The van der Waals surface area contributed by atoms with Gasteiger partial charge in [-0.3, -0.25) is 10.1 Å². The van der Waals surface area contributed by atoms with Gasteiger partial charge in [-0.25, -0.2) is 9.37 Å². The highest BCUT2D eigenvalue weighted by Crippen LogP contribution is 2.30. The quantitative estimate of drug-likeness (QED) is 0.589. The SMILES string of the molecule is C=CCn1c(C)cc(-c2csc(NC(=O)c3ccc(F)cc3Cl)n2)c1C. The molecule has 0 unspecified atom stereocenters. The molecule has 0 aliphatic heterocycles. The topological polar surface area (TPSA) is 46.9 Å². The summed E-state index contributed by atoms with van der Waals surface area (Å²) in [5, 5.41) is 5.12. The number of carbonyl (C=O) groups is 1. The first-order valence-electron chi connectivity index (χ1n) is 7.90. The van der Waals surface area contributed by atoms with Crippen LogP contribution in [0.2, 0.25) is 5.02 Å². The van der Waals surface area contributed by atoms with Crippen LogP contribution in [0.15, 0.2) is 42.3 Å². The van der Waals surface area contributed by atoms with Crippen molar-refractivity contribution in [1.29, 1.82) is 0 Å². The smallest absolute Gasteiger partial charge is 0.258 e. The van der Waals surface area contributed by atoms with Gasteiger partial charge >= 0.3 is 0 Å². The number of anilines is 1. The summed E-state index contributed by atoms with van der Waals surface area (Å²) in [6.07, 6.45) is 1.85. The number of halogens is 2. The van der Waals surface area contributed by atoms with Crippen LogP contribution in [0, 0.1) is 19.7 Å². The molecule has 1 amide bonds. The predicted molar refractivity (Wildman–Crippen MR) is 105 cm³/mol. The lowest BCUT2D eigenvalue weighted by Crippen LogP contribution is -2.12. The Morgan fingerprint density at radius 2 is 2.19 bits per heavy atom. The molecular weight excluding hydrogens is 373 g/mol. The summed E-state index contributed by atoms with van der Waals surface area (Å²) in [6.45, 7) is 8.58. The molecular formula is C19H17ClFN3OS. The molecule has 0 aliphatic carbocycles. The summed E-state index contributed by atoms with van der Waals surface area (Å²) in [4.78, 5) is 16.8. The molecule has 4 nitrogen and oxygen atoms in total. The zero-order chi connectivity index (χ0) is 18.8. The van der Waals surface area contributed by atoms with Gasteiger partial charge in [0.1, 0.15) is 5.82 Å². The van der Waals surface area contributed by atoms with Crippen molar-refractivity contribution in [2.75, 3.05) is 5.32 Å². The molecule has 134 valence electrons. The van der Waals surface area contributed by atoms with Crippen molar-refractivity contribution in [2.24, 2.45) is 0 Å². The molecule has 26 heavy (non-hydrogen) atoms. The number of benzene rings is 1. The average Bonchev–Trinajstić information content (AvgIpc) is 3.14. The highest BCUT2D eigenvalue weighted by atomic mass is 35.5. The molecule has 3 rings (SSSR count). The van der Waals surface area contributed by atoms with Crippen LogP contribution in [0.5, 0.6) is 0 Å². The van der Waals surface area contributed by atoms with Crippen LogP contribution in [-0.2, 0) is 6.54 Å². The lowest BCUT2D eigenvalue weighted by Gasteiger charge is -2.05. The van der Waals surface area contributed by atoms with Gasteiger partial charge in [-0.2, -0.15) is 0 Å². The fourth-order valence-corrected chi connectivity index (χ4v) is 3.72. The summed E-state index contributed by atoms with van der Waals surface area (Å²) >= 11 is 7.26. The number of aromatic nitrogens is 2. The number of hydrogen-bond donors (Lipinski definition) is 1. The number of hydrogen-bond acceptors (Lipinski definition) is 3. The first-order valence-corrected chi connectivity index (χ1v) is 9.16. The molecule has 0 aliphatic rings. The van der Waals surface area contributed by atoms with E-state index in [0.717, 1.165) is 35.3 Å². The second kappa shape index (κ2) is 7.43. The summed E-state index contributed by atoms with van der Waals surface area (Å²) in [5.74, 6) is -0.911. The van der Waals surface area contributed by atoms with Crippen LogP contribution in [0.25, 0.3) is 11.3 Å². The van der Waals surface area contributed by atoms with Crippen molar-refractivity contribution >= 4 is 34.0 Å². The molecule has 0 spiro atoms. The Balaban J connectivity index is 1.83. The first-order chi connectivity index (χ1) is 12.4. The molecule has 0 bridgehead atoms. The largest absolute Gasteiger partial charge is 0.345 e. The summed E-state index contributed by atoms with van der Waals surface area (Å²) in [5.41, 5.74) is 4.22. The first kappa shape index (κ1) is 18.4. The Kier molecular flexibility index (Phi) is 5.25. The van der Waals surface area contributed by atoms with Crippen molar-refractivity contribution in [3.63, 3.8) is 0 Å². The van der Waals surface area contributed by atoms with E-state index in [1.807, 2.05) is 25.3 Å². The Morgan fingerprint density at radius 1 is 1.42 bits per heavy atom. The Labute approximate surface area is 160 Å². The van der Waals surface area contributed by atoms with Crippen LogP contribution in [0.4, 0.5) is 9.52 Å². The van der Waals surface area contributed by atoms with Crippen molar-refractivity contribution < 1.29 is 9.18 Å². The summed E-state index contributed by atoms with van der Waals surface area (Å²) in [7, 11) is 0. The molecule has 0 radical (unpaired) electrons. The second-order valence-electron chi connectivity index (χ2n) is 5.80. The molecule has 0 saturated carbocycles. The maximum Gasteiger partial charge on any atom is 0.258 e. The van der Waals surface area contributed by atoms with E-state index in [9.17, 15) is 9.18 Å². The van der Waals surface area contributed by atoms with Gasteiger partial charge in [0.2, 0.25) is 0 Å². The van der Waals surface area contributed by atoms with Crippen LogP contribution in [0.3, 0.4) is 0 Å². The minimum absolute atomic E-state index is 0.0623. The van der Waals surface area contributed by atoms with Crippen molar-refractivity contribution in [1.82, 2.24) is 9.55 Å².